The number of para-hydroxylation sites is 1. The van der Waals surface area contributed by atoms with E-state index in [2.05, 4.69) is 9.97 Å². The average Bonchev–Trinajstić information content (AvgIpc) is 2.80. The second-order valence-electron chi connectivity index (χ2n) is 5.22. The van der Waals surface area contributed by atoms with Crippen molar-refractivity contribution in [3.63, 3.8) is 0 Å². The minimum absolute atomic E-state index is 0.123. The van der Waals surface area contributed by atoms with E-state index >= 15 is 0 Å². The van der Waals surface area contributed by atoms with Crippen molar-refractivity contribution in [1.29, 1.82) is 0 Å². The molecule has 1 aromatic heterocycles. The molecular weight excluding hydrogens is 273 g/mol. The maximum atomic E-state index is 13.5. The molecule has 1 amide bonds. The van der Waals surface area contributed by atoms with Crippen LogP contribution in [0.1, 0.15) is 12.2 Å². The number of carbonyl (C=O) groups excluding carboxylic acids is 1. The lowest BCUT2D eigenvalue weighted by molar-refractivity contribution is -0.122. The first kappa shape index (κ1) is 13.7. The second kappa shape index (κ2) is 5.25. The SMILES string of the molecule is NC(=O)[C@@H]1C[C@@H](F)CN1Cc1nc(N)c2ccccc2n1. The van der Waals surface area contributed by atoms with Gasteiger partial charge in [-0.3, -0.25) is 9.69 Å². The van der Waals surface area contributed by atoms with E-state index in [1.165, 1.54) is 0 Å². The number of primary amides is 1. The molecule has 1 aliphatic rings. The minimum Gasteiger partial charge on any atom is -0.383 e. The van der Waals surface area contributed by atoms with Crippen molar-refractivity contribution < 1.29 is 9.18 Å². The number of amides is 1. The fourth-order valence-corrected chi connectivity index (χ4v) is 2.72. The summed E-state index contributed by atoms with van der Waals surface area (Å²) in [4.78, 5) is 21.7. The molecule has 0 saturated carbocycles. The van der Waals surface area contributed by atoms with E-state index in [1.54, 1.807) is 4.90 Å². The Morgan fingerprint density at radius 2 is 2.14 bits per heavy atom. The number of nitrogens with two attached hydrogens (primary N) is 2. The van der Waals surface area contributed by atoms with Crippen LogP contribution in [0.15, 0.2) is 24.3 Å². The van der Waals surface area contributed by atoms with Gasteiger partial charge < -0.3 is 11.5 Å². The fourth-order valence-electron chi connectivity index (χ4n) is 2.72. The molecule has 2 aromatic rings. The number of benzene rings is 1. The van der Waals surface area contributed by atoms with Crippen LogP contribution in [0.5, 0.6) is 0 Å². The third-order valence-corrected chi connectivity index (χ3v) is 3.70. The predicted octanol–water partition coefficient (Wildman–Crippen LogP) is 0.610. The second-order valence-corrected chi connectivity index (χ2v) is 5.22. The van der Waals surface area contributed by atoms with Crippen molar-refractivity contribution in [3.05, 3.63) is 30.1 Å². The fraction of sp³-hybridized carbons (Fsp3) is 0.357. The molecule has 1 aliphatic heterocycles. The third kappa shape index (κ3) is 2.64. The Hall–Kier alpha value is -2.28. The van der Waals surface area contributed by atoms with Gasteiger partial charge in [0.25, 0.3) is 0 Å². The molecule has 6 nitrogen and oxygen atoms in total. The molecule has 1 fully saturated rings. The summed E-state index contributed by atoms with van der Waals surface area (Å²) >= 11 is 0. The Bertz CT molecular complexity index is 692. The van der Waals surface area contributed by atoms with Gasteiger partial charge in [0.2, 0.25) is 5.91 Å². The lowest BCUT2D eigenvalue weighted by Crippen LogP contribution is -2.40. The van der Waals surface area contributed by atoms with Gasteiger partial charge in [-0.2, -0.15) is 0 Å². The molecule has 4 N–H and O–H groups in total. The quantitative estimate of drug-likeness (QED) is 0.862. The van der Waals surface area contributed by atoms with E-state index in [1.807, 2.05) is 24.3 Å². The largest absolute Gasteiger partial charge is 0.383 e. The molecule has 2 heterocycles. The summed E-state index contributed by atoms with van der Waals surface area (Å²) in [5.41, 5.74) is 12.0. The first-order chi connectivity index (χ1) is 10.0. The summed E-state index contributed by atoms with van der Waals surface area (Å²) in [6.45, 7) is 0.409. The number of rotatable bonds is 3. The van der Waals surface area contributed by atoms with Crippen LogP contribution in [0.25, 0.3) is 10.9 Å². The molecule has 1 saturated heterocycles. The zero-order valence-electron chi connectivity index (χ0n) is 11.4. The molecule has 1 aromatic carbocycles. The van der Waals surface area contributed by atoms with E-state index in [9.17, 15) is 9.18 Å². The van der Waals surface area contributed by atoms with Crippen LogP contribution in [-0.2, 0) is 11.3 Å². The van der Waals surface area contributed by atoms with E-state index in [0.717, 1.165) is 10.9 Å². The van der Waals surface area contributed by atoms with E-state index in [0.29, 0.717) is 11.6 Å². The summed E-state index contributed by atoms with van der Waals surface area (Å²) in [5, 5.41) is 0.775. The number of nitrogens with zero attached hydrogens (tertiary/aromatic N) is 3. The smallest absolute Gasteiger partial charge is 0.234 e. The highest BCUT2D eigenvalue weighted by atomic mass is 19.1. The summed E-state index contributed by atoms with van der Waals surface area (Å²) in [6.07, 6.45) is -0.932. The Kier molecular flexibility index (Phi) is 3.42. The molecule has 110 valence electrons. The normalized spacial score (nSPS) is 22.7. The van der Waals surface area contributed by atoms with Gasteiger partial charge in [0, 0.05) is 18.4 Å². The van der Waals surface area contributed by atoms with E-state index < -0.39 is 18.1 Å². The number of fused-ring (bicyclic) bond motifs is 1. The minimum atomic E-state index is -1.06. The van der Waals surface area contributed by atoms with Gasteiger partial charge in [0.1, 0.15) is 17.8 Å². The Balaban J connectivity index is 1.89. The molecule has 0 spiro atoms. The molecule has 0 radical (unpaired) electrons. The van der Waals surface area contributed by atoms with Gasteiger partial charge in [-0.1, -0.05) is 12.1 Å². The maximum Gasteiger partial charge on any atom is 0.234 e. The predicted molar refractivity (Wildman–Crippen MR) is 76.9 cm³/mol. The number of hydrogen-bond acceptors (Lipinski definition) is 5. The molecule has 3 rings (SSSR count). The molecule has 21 heavy (non-hydrogen) atoms. The van der Waals surface area contributed by atoms with Gasteiger partial charge in [-0.25, -0.2) is 14.4 Å². The van der Waals surface area contributed by atoms with Crippen molar-refractivity contribution in [2.45, 2.75) is 25.2 Å². The van der Waals surface area contributed by atoms with Crippen molar-refractivity contribution >= 4 is 22.6 Å². The Labute approximate surface area is 121 Å². The molecule has 0 aliphatic carbocycles. The Morgan fingerprint density at radius 3 is 2.90 bits per heavy atom. The summed E-state index contributed by atoms with van der Waals surface area (Å²) in [7, 11) is 0. The van der Waals surface area contributed by atoms with Crippen LogP contribution in [0.3, 0.4) is 0 Å². The van der Waals surface area contributed by atoms with Crippen LogP contribution in [-0.4, -0.2) is 39.5 Å². The van der Waals surface area contributed by atoms with Gasteiger partial charge in [0.15, 0.2) is 0 Å². The van der Waals surface area contributed by atoms with Gasteiger partial charge in [0.05, 0.1) is 18.1 Å². The van der Waals surface area contributed by atoms with Gasteiger partial charge >= 0.3 is 0 Å². The first-order valence-corrected chi connectivity index (χ1v) is 6.73. The average molecular weight is 289 g/mol. The number of halogens is 1. The van der Waals surface area contributed by atoms with Gasteiger partial charge in [-0.15, -0.1) is 0 Å². The highest BCUT2D eigenvalue weighted by molar-refractivity contribution is 5.87. The molecule has 0 bridgehead atoms. The monoisotopic (exact) mass is 289 g/mol. The number of likely N-dealkylation sites (tertiary alicyclic amines) is 1. The molecular formula is C14H16FN5O. The number of nitrogen functional groups attached to an aromatic ring is 1. The third-order valence-electron chi connectivity index (χ3n) is 3.70. The van der Waals surface area contributed by atoms with Crippen molar-refractivity contribution in [2.75, 3.05) is 12.3 Å². The number of hydrogen-bond donors (Lipinski definition) is 2. The summed E-state index contributed by atoms with van der Waals surface area (Å²) in [6, 6.07) is 6.78. The lowest BCUT2D eigenvalue weighted by atomic mass is 10.2. The van der Waals surface area contributed by atoms with E-state index in [-0.39, 0.29) is 19.5 Å². The lowest BCUT2D eigenvalue weighted by Gasteiger charge is -2.20. The number of alkyl halides is 1. The van der Waals surface area contributed by atoms with Crippen molar-refractivity contribution in [2.24, 2.45) is 5.73 Å². The molecule has 2 atom stereocenters. The van der Waals surface area contributed by atoms with Crippen LogP contribution < -0.4 is 11.5 Å². The topological polar surface area (TPSA) is 98.1 Å². The first-order valence-electron chi connectivity index (χ1n) is 6.73. The highest BCUT2D eigenvalue weighted by Gasteiger charge is 2.36. The molecule has 0 unspecified atom stereocenters. The van der Waals surface area contributed by atoms with Crippen LogP contribution in [0.2, 0.25) is 0 Å². The highest BCUT2D eigenvalue weighted by Crippen LogP contribution is 2.23. The van der Waals surface area contributed by atoms with Crippen LogP contribution in [0.4, 0.5) is 10.2 Å². The van der Waals surface area contributed by atoms with Crippen LogP contribution >= 0.6 is 0 Å². The Morgan fingerprint density at radius 1 is 1.38 bits per heavy atom. The van der Waals surface area contributed by atoms with Gasteiger partial charge in [-0.05, 0) is 12.1 Å². The molecule has 7 heteroatoms. The summed E-state index contributed by atoms with van der Waals surface area (Å²) in [5.74, 6) is 0.317. The zero-order valence-corrected chi connectivity index (χ0v) is 11.4. The number of aromatic nitrogens is 2. The number of anilines is 1. The van der Waals surface area contributed by atoms with Crippen LogP contribution in [0, 0.1) is 0 Å². The zero-order chi connectivity index (χ0) is 15.0. The van der Waals surface area contributed by atoms with Crippen molar-refractivity contribution in [3.8, 4) is 0 Å². The number of carbonyl (C=O) groups is 1. The maximum absolute atomic E-state index is 13.5. The summed E-state index contributed by atoms with van der Waals surface area (Å²) < 4.78 is 13.5. The van der Waals surface area contributed by atoms with E-state index in [4.69, 9.17) is 11.5 Å². The van der Waals surface area contributed by atoms with Crippen molar-refractivity contribution in [1.82, 2.24) is 14.9 Å². The standard InChI is InChI=1S/C14H16FN5O/c15-8-5-11(14(17)21)20(6-8)7-12-18-10-4-2-1-3-9(10)13(16)19-12/h1-4,8,11H,5-7H2,(H2,17,21)(H2,16,18,19)/t8-,11+/m1/s1.